The number of aryl methyl sites for hydroxylation is 1. The lowest BCUT2D eigenvalue weighted by molar-refractivity contribution is -0.128. The third-order valence-corrected chi connectivity index (χ3v) is 8.67. The third kappa shape index (κ3) is 8.88. The summed E-state index contributed by atoms with van der Waals surface area (Å²) < 4.78 is 0. The number of Topliss-reactive ketones (excluding diaryl/α,β-unsaturated/α-hetero) is 3. The van der Waals surface area contributed by atoms with E-state index in [-0.39, 0.29) is 54.9 Å². The molecule has 1 aliphatic heterocycles. The van der Waals surface area contributed by atoms with E-state index in [4.69, 9.17) is 0 Å². The maximum absolute atomic E-state index is 13.5. The molecule has 3 atom stereocenters. The van der Waals surface area contributed by atoms with Crippen molar-refractivity contribution in [2.24, 2.45) is 5.92 Å². The van der Waals surface area contributed by atoms with Crippen molar-refractivity contribution in [3.63, 3.8) is 0 Å². The summed E-state index contributed by atoms with van der Waals surface area (Å²) in [5.74, 6) is -1.02. The molecule has 222 valence electrons. The molecule has 0 fully saturated rings. The second-order valence-corrected chi connectivity index (χ2v) is 12.0. The lowest BCUT2D eigenvalue weighted by Crippen LogP contribution is -2.51. The molecule has 0 unspecified atom stereocenters. The van der Waals surface area contributed by atoms with E-state index in [2.05, 4.69) is 20.9 Å². The van der Waals surface area contributed by atoms with Gasteiger partial charge in [0.05, 0.1) is 23.6 Å². The molecule has 9 nitrogen and oxygen atoms in total. The van der Waals surface area contributed by atoms with Crippen LogP contribution >= 0.6 is 11.3 Å². The number of benzene rings is 2. The summed E-state index contributed by atoms with van der Waals surface area (Å²) in [6.45, 7) is 1.40. The minimum Gasteiger partial charge on any atom is -0.508 e. The van der Waals surface area contributed by atoms with Crippen molar-refractivity contribution in [2.75, 3.05) is 20.1 Å². The van der Waals surface area contributed by atoms with Crippen LogP contribution in [0.25, 0.3) is 0 Å². The van der Waals surface area contributed by atoms with Crippen molar-refractivity contribution in [2.45, 2.75) is 57.5 Å². The van der Waals surface area contributed by atoms with Crippen molar-refractivity contribution < 1.29 is 24.3 Å². The smallest absolute Gasteiger partial charge is 0.220 e. The van der Waals surface area contributed by atoms with Gasteiger partial charge in [0.15, 0.2) is 11.6 Å². The van der Waals surface area contributed by atoms with Crippen molar-refractivity contribution in [1.82, 2.24) is 20.9 Å². The molecular formula is C32H38N4O5S. The minimum absolute atomic E-state index is 0.000408. The fourth-order valence-electron chi connectivity index (χ4n) is 5.07. The van der Waals surface area contributed by atoms with E-state index in [0.717, 1.165) is 26.6 Å². The molecule has 0 radical (unpaired) electrons. The van der Waals surface area contributed by atoms with Crippen LogP contribution in [0.15, 0.2) is 54.7 Å². The largest absolute Gasteiger partial charge is 0.508 e. The van der Waals surface area contributed by atoms with Gasteiger partial charge in [-0.15, -0.1) is 11.3 Å². The first-order valence-electron chi connectivity index (χ1n) is 14.2. The topological polar surface area (TPSA) is 137 Å². The Labute approximate surface area is 250 Å². The summed E-state index contributed by atoms with van der Waals surface area (Å²) in [5, 5.41) is 20.2. The van der Waals surface area contributed by atoms with Gasteiger partial charge in [0.2, 0.25) is 5.91 Å². The molecular weight excluding hydrogens is 552 g/mol. The van der Waals surface area contributed by atoms with E-state index in [1.807, 2.05) is 36.4 Å². The molecule has 3 aromatic rings. The van der Waals surface area contributed by atoms with E-state index in [1.165, 1.54) is 18.3 Å². The number of amides is 1. The number of phenols is 1. The number of carbonyl (C=O) groups excluding carboxylic acids is 4. The second kappa shape index (κ2) is 14.9. The molecule has 10 heteroatoms. The Hall–Kier alpha value is -3.73. The molecule has 2 aromatic carbocycles. The Bertz CT molecular complexity index is 1410. The van der Waals surface area contributed by atoms with Gasteiger partial charge in [0.1, 0.15) is 11.5 Å². The van der Waals surface area contributed by atoms with Crippen molar-refractivity contribution in [3.05, 3.63) is 81.3 Å². The van der Waals surface area contributed by atoms with E-state index < -0.39 is 18.0 Å². The molecule has 4 rings (SSSR count). The maximum Gasteiger partial charge on any atom is 0.220 e. The normalized spacial score (nSPS) is 19.3. The Balaban J connectivity index is 1.53. The first-order chi connectivity index (χ1) is 20.2. The zero-order valence-electron chi connectivity index (χ0n) is 24.0. The van der Waals surface area contributed by atoms with Gasteiger partial charge < -0.3 is 15.7 Å². The SMILES string of the molecule is CN[C@H]1Cc2ccc(O)c(c2)Cc2cnc(s2)CCC(=O)NC[C@@H](C(=O)C[C@@H](Cc2ccccc2)C(C)=O)NCC1=O. The number of ketones is 3. The van der Waals surface area contributed by atoms with Gasteiger partial charge in [-0.05, 0) is 49.6 Å². The Morgan fingerprint density at radius 3 is 2.67 bits per heavy atom. The van der Waals surface area contributed by atoms with Crippen molar-refractivity contribution in [1.29, 1.82) is 0 Å². The fourth-order valence-corrected chi connectivity index (χ4v) is 6.01. The molecule has 0 spiro atoms. The van der Waals surface area contributed by atoms with Gasteiger partial charge in [-0.2, -0.15) is 0 Å². The molecule has 0 aliphatic carbocycles. The summed E-state index contributed by atoms with van der Waals surface area (Å²) in [4.78, 5) is 57.3. The number of thiazole rings is 1. The monoisotopic (exact) mass is 590 g/mol. The predicted molar refractivity (Wildman–Crippen MR) is 162 cm³/mol. The third-order valence-electron chi connectivity index (χ3n) is 7.62. The average Bonchev–Trinajstić information content (AvgIpc) is 3.43. The predicted octanol–water partition coefficient (Wildman–Crippen LogP) is 2.57. The quantitative estimate of drug-likeness (QED) is 0.330. The summed E-state index contributed by atoms with van der Waals surface area (Å²) in [6.07, 6.45) is 3.73. The second-order valence-electron chi connectivity index (χ2n) is 10.8. The summed E-state index contributed by atoms with van der Waals surface area (Å²) >= 11 is 1.49. The van der Waals surface area contributed by atoms with Crippen molar-refractivity contribution >= 4 is 34.6 Å². The van der Waals surface area contributed by atoms with Gasteiger partial charge in [0, 0.05) is 49.2 Å². The Morgan fingerprint density at radius 2 is 1.93 bits per heavy atom. The van der Waals surface area contributed by atoms with Gasteiger partial charge in [-0.3, -0.25) is 24.5 Å². The number of aromatic hydroxyl groups is 1. The summed E-state index contributed by atoms with van der Waals surface area (Å²) in [5.41, 5.74) is 2.60. The molecule has 0 saturated carbocycles. The average molecular weight is 591 g/mol. The molecule has 2 heterocycles. The standard InChI is InChI=1S/C32H38N4O5S/c1-20(37)23(12-21-6-4-3-5-7-21)16-29(39)27-18-35-31(41)10-11-32-36-17-25(42-32)15-24-13-22(8-9-28(24)38)14-26(33-2)30(40)19-34-27/h3-9,13,17,23,26-27,33-34,38H,10-12,14-16,18-19H2,1-2H3,(H,35,41)/t23-,26+,27+/m1/s1. The van der Waals surface area contributed by atoms with Crippen LogP contribution in [0.4, 0.5) is 0 Å². The number of rotatable bonds is 7. The van der Waals surface area contributed by atoms with Gasteiger partial charge in [0.25, 0.3) is 0 Å². The lowest BCUT2D eigenvalue weighted by atomic mass is 9.89. The van der Waals surface area contributed by atoms with Crippen LogP contribution < -0.4 is 16.0 Å². The van der Waals surface area contributed by atoms with E-state index in [0.29, 0.717) is 25.7 Å². The van der Waals surface area contributed by atoms with E-state index in [1.54, 1.807) is 25.4 Å². The number of fused-ring (bicyclic) bond motifs is 4. The number of nitrogens with one attached hydrogen (secondary N) is 3. The molecule has 1 aliphatic rings. The van der Waals surface area contributed by atoms with Crippen LogP contribution in [0.1, 0.15) is 46.3 Å². The lowest BCUT2D eigenvalue weighted by Gasteiger charge is -2.22. The highest BCUT2D eigenvalue weighted by Gasteiger charge is 2.27. The number of nitrogens with zero attached hydrogens (tertiary/aromatic N) is 1. The van der Waals surface area contributed by atoms with Gasteiger partial charge in [-0.25, -0.2) is 4.98 Å². The molecule has 1 aromatic heterocycles. The van der Waals surface area contributed by atoms with Crippen LogP contribution in [0.5, 0.6) is 5.75 Å². The van der Waals surface area contributed by atoms with Gasteiger partial charge in [-0.1, -0.05) is 42.5 Å². The molecule has 0 saturated heterocycles. The summed E-state index contributed by atoms with van der Waals surface area (Å²) in [7, 11) is 1.71. The molecule has 4 N–H and O–H groups in total. The van der Waals surface area contributed by atoms with Crippen LogP contribution in [0, 0.1) is 5.92 Å². The first-order valence-corrected chi connectivity index (χ1v) is 15.0. The maximum atomic E-state index is 13.5. The number of aromatic nitrogens is 1. The number of hydrogen-bond donors (Lipinski definition) is 4. The van der Waals surface area contributed by atoms with Crippen molar-refractivity contribution in [3.8, 4) is 5.75 Å². The zero-order valence-corrected chi connectivity index (χ0v) is 24.8. The highest BCUT2D eigenvalue weighted by atomic mass is 32.1. The van der Waals surface area contributed by atoms with E-state index >= 15 is 0 Å². The van der Waals surface area contributed by atoms with Crippen LogP contribution in [-0.4, -0.2) is 65.6 Å². The number of phenolic OH excluding ortho intramolecular Hbond substituents is 1. The Morgan fingerprint density at radius 1 is 1.14 bits per heavy atom. The molecule has 42 heavy (non-hydrogen) atoms. The van der Waals surface area contributed by atoms with Crippen LogP contribution in [0.2, 0.25) is 0 Å². The number of hydrogen-bond acceptors (Lipinski definition) is 9. The number of carbonyl (C=O) groups is 4. The Kier molecular flexibility index (Phi) is 11.1. The van der Waals surface area contributed by atoms with Crippen LogP contribution in [0.3, 0.4) is 0 Å². The zero-order chi connectivity index (χ0) is 30.1. The molecule has 4 bridgehead atoms. The first kappa shape index (κ1) is 31.2. The highest BCUT2D eigenvalue weighted by molar-refractivity contribution is 7.11. The highest BCUT2D eigenvalue weighted by Crippen LogP contribution is 2.26. The van der Waals surface area contributed by atoms with Gasteiger partial charge >= 0.3 is 0 Å². The fraction of sp³-hybridized carbons (Fsp3) is 0.406. The number of likely N-dealkylation sites (N-methyl/N-ethyl adjacent to an activating group) is 1. The minimum atomic E-state index is -0.835. The molecule has 1 amide bonds. The van der Waals surface area contributed by atoms with E-state index in [9.17, 15) is 24.3 Å². The summed E-state index contributed by atoms with van der Waals surface area (Å²) in [6, 6.07) is 13.5. The van der Waals surface area contributed by atoms with Crippen LogP contribution in [-0.2, 0) is 44.9 Å².